The molecule has 204 valence electrons. The number of esters is 4. The Morgan fingerprint density at radius 3 is 2.16 bits per heavy atom. The second kappa shape index (κ2) is 8.00. The molecule has 0 amide bonds. The molecule has 11 heteroatoms. The number of hydrogen-bond donors (Lipinski definition) is 1. The van der Waals surface area contributed by atoms with Crippen molar-refractivity contribution in [3.05, 3.63) is 11.6 Å². The van der Waals surface area contributed by atoms with E-state index in [-0.39, 0.29) is 18.9 Å². The normalized spacial score (nSPS) is 49.6. The third-order valence-electron chi connectivity index (χ3n) is 9.08. The molecular weight excluding hydrogens is 488 g/mol. The van der Waals surface area contributed by atoms with Crippen LogP contribution in [-0.2, 0) is 47.6 Å². The van der Waals surface area contributed by atoms with E-state index < -0.39 is 82.5 Å². The summed E-state index contributed by atoms with van der Waals surface area (Å²) in [5.41, 5.74) is -4.41. The van der Waals surface area contributed by atoms with E-state index in [9.17, 15) is 24.3 Å². The number of ether oxygens (including phenoxy) is 6. The molecule has 0 aromatic heterocycles. The summed E-state index contributed by atoms with van der Waals surface area (Å²) < 4.78 is 35.6. The van der Waals surface area contributed by atoms with Crippen LogP contribution in [0.5, 0.6) is 0 Å². The summed E-state index contributed by atoms with van der Waals surface area (Å²) in [6, 6.07) is 0. The zero-order chi connectivity index (χ0) is 27.3. The molecule has 3 saturated heterocycles. The third-order valence-corrected chi connectivity index (χ3v) is 9.08. The van der Waals surface area contributed by atoms with Crippen LogP contribution in [0.4, 0.5) is 0 Å². The SMILES string of the molecule is CC(=O)OC1CC(C)=CC2OC(=O)C3(C)OC23C(OC(C)=O)C2C3(C)OC3CC(O)C2(C)C1OC(C)=O. The lowest BCUT2D eigenvalue weighted by Crippen LogP contribution is -2.67. The zero-order valence-corrected chi connectivity index (χ0v) is 22.1. The molecule has 0 aromatic carbocycles. The van der Waals surface area contributed by atoms with Crippen molar-refractivity contribution in [2.45, 2.75) is 115 Å². The van der Waals surface area contributed by atoms with E-state index in [0.29, 0.717) is 5.57 Å². The topological polar surface area (TPSA) is 150 Å². The average molecular weight is 523 g/mol. The highest BCUT2D eigenvalue weighted by molar-refractivity contribution is 5.89. The molecule has 3 heterocycles. The maximum Gasteiger partial charge on any atom is 0.342 e. The molecule has 0 aromatic rings. The number of aliphatic hydroxyl groups is 1. The number of hydrogen-bond acceptors (Lipinski definition) is 11. The third kappa shape index (κ3) is 3.50. The lowest BCUT2D eigenvalue weighted by Gasteiger charge is -2.54. The van der Waals surface area contributed by atoms with Crippen molar-refractivity contribution < 1.29 is 52.7 Å². The predicted molar refractivity (Wildman–Crippen MR) is 123 cm³/mol. The van der Waals surface area contributed by atoms with Crippen LogP contribution in [-0.4, -0.2) is 82.4 Å². The van der Waals surface area contributed by atoms with E-state index in [1.54, 1.807) is 26.8 Å². The van der Waals surface area contributed by atoms with E-state index in [1.165, 1.54) is 20.8 Å². The summed E-state index contributed by atoms with van der Waals surface area (Å²) in [4.78, 5) is 50.1. The monoisotopic (exact) mass is 522 g/mol. The van der Waals surface area contributed by atoms with Crippen molar-refractivity contribution in [2.24, 2.45) is 11.3 Å². The number of rotatable bonds is 3. The van der Waals surface area contributed by atoms with Crippen LogP contribution in [0.1, 0.15) is 61.3 Å². The fourth-order valence-corrected chi connectivity index (χ4v) is 7.34. The maximum absolute atomic E-state index is 13.0. The molecule has 37 heavy (non-hydrogen) atoms. The number of epoxide rings is 2. The van der Waals surface area contributed by atoms with Gasteiger partial charge in [-0.1, -0.05) is 12.5 Å². The van der Waals surface area contributed by atoms with Gasteiger partial charge in [-0.05, 0) is 26.8 Å². The zero-order valence-electron chi connectivity index (χ0n) is 22.1. The summed E-state index contributed by atoms with van der Waals surface area (Å²) in [6.45, 7) is 10.7. The highest BCUT2D eigenvalue weighted by Gasteiger charge is 2.89. The smallest absolute Gasteiger partial charge is 0.342 e. The fourth-order valence-electron chi connectivity index (χ4n) is 7.34. The first-order chi connectivity index (χ1) is 17.1. The summed E-state index contributed by atoms with van der Waals surface area (Å²) in [5.74, 6) is -3.29. The van der Waals surface area contributed by atoms with Gasteiger partial charge in [0.25, 0.3) is 0 Å². The molecule has 0 bridgehead atoms. The van der Waals surface area contributed by atoms with Crippen LogP contribution >= 0.6 is 0 Å². The Bertz CT molecular complexity index is 1100. The van der Waals surface area contributed by atoms with E-state index in [0.717, 1.165) is 0 Å². The maximum atomic E-state index is 13.0. The lowest BCUT2D eigenvalue weighted by molar-refractivity contribution is -0.222. The van der Waals surface area contributed by atoms with Gasteiger partial charge in [-0.2, -0.15) is 0 Å². The van der Waals surface area contributed by atoms with Crippen LogP contribution < -0.4 is 0 Å². The minimum Gasteiger partial charge on any atom is -0.459 e. The second-order valence-corrected chi connectivity index (χ2v) is 11.6. The quantitative estimate of drug-likeness (QED) is 0.246. The number of aliphatic hydroxyl groups excluding tert-OH is 1. The number of carbonyl (C=O) groups is 4. The minimum atomic E-state index is -1.40. The first-order valence-corrected chi connectivity index (χ1v) is 12.6. The van der Waals surface area contributed by atoms with Gasteiger partial charge in [0.1, 0.15) is 18.3 Å². The molecule has 2 aliphatic carbocycles. The molecule has 11 atom stereocenters. The summed E-state index contributed by atoms with van der Waals surface area (Å²) in [6.07, 6.45) is -3.62. The summed E-state index contributed by atoms with van der Waals surface area (Å²) >= 11 is 0. The van der Waals surface area contributed by atoms with Crippen LogP contribution in [0, 0.1) is 11.3 Å². The van der Waals surface area contributed by atoms with Crippen LogP contribution in [0.25, 0.3) is 0 Å². The largest absolute Gasteiger partial charge is 0.459 e. The van der Waals surface area contributed by atoms with Gasteiger partial charge in [-0.25, -0.2) is 4.79 Å². The molecule has 0 radical (unpaired) electrons. The van der Waals surface area contributed by atoms with E-state index in [4.69, 9.17) is 28.4 Å². The molecule has 1 spiro atoms. The Morgan fingerprint density at radius 2 is 1.59 bits per heavy atom. The van der Waals surface area contributed by atoms with Gasteiger partial charge in [0.05, 0.1) is 17.8 Å². The van der Waals surface area contributed by atoms with Gasteiger partial charge < -0.3 is 33.5 Å². The van der Waals surface area contributed by atoms with Crippen LogP contribution in [0.15, 0.2) is 11.6 Å². The van der Waals surface area contributed by atoms with Gasteiger partial charge in [-0.15, -0.1) is 0 Å². The fraction of sp³-hybridized carbons (Fsp3) is 0.769. The molecule has 5 rings (SSSR count). The average Bonchev–Trinajstić information content (AvgIpc) is 3.59. The molecule has 11 unspecified atom stereocenters. The molecule has 1 saturated carbocycles. The van der Waals surface area contributed by atoms with E-state index in [2.05, 4.69) is 0 Å². The molecule has 5 aliphatic rings. The van der Waals surface area contributed by atoms with Crippen molar-refractivity contribution in [3.63, 3.8) is 0 Å². The Labute approximate surface area is 214 Å². The minimum absolute atomic E-state index is 0.132. The Balaban J connectivity index is 1.78. The van der Waals surface area contributed by atoms with Gasteiger partial charge in [0.15, 0.2) is 17.3 Å². The summed E-state index contributed by atoms with van der Waals surface area (Å²) in [5, 5.41) is 11.7. The van der Waals surface area contributed by atoms with E-state index >= 15 is 0 Å². The Hall–Kier alpha value is -2.50. The highest BCUT2D eigenvalue weighted by Crippen LogP contribution is 2.69. The number of fused-ring (bicyclic) bond motifs is 3. The van der Waals surface area contributed by atoms with Crippen molar-refractivity contribution >= 4 is 23.9 Å². The molecular formula is C26H34O11. The second-order valence-electron chi connectivity index (χ2n) is 11.6. The Morgan fingerprint density at radius 1 is 1.00 bits per heavy atom. The molecule has 1 N–H and O–H groups in total. The predicted octanol–water partition coefficient (Wildman–Crippen LogP) is 1.13. The molecule has 11 nitrogen and oxygen atoms in total. The van der Waals surface area contributed by atoms with Crippen molar-refractivity contribution in [1.29, 1.82) is 0 Å². The molecule has 4 fully saturated rings. The van der Waals surface area contributed by atoms with Gasteiger partial charge in [-0.3, -0.25) is 14.4 Å². The van der Waals surface area contributed by atoms with E-state index in [1.807, 2.05) is 6.92 Å². The van der Waals surface area contributed by atoms with Crippen molar-refractivity contribution in [3.8, 4) is 0 Å². The van der Waals surface area contributed by atoms with Crippen molar-refractivity contribution in [2.75, 3.05) is 0 Å². The Kier molecular flexibility index (Phi) is 5.65. The van der Waals surface area contributed by atoms with Crippen LogP contribution in [0.2, 0.25) is 0 Å². The summed E-state index contributed by atoms with van der Waals surface area (Å²) in [7, 11) is 0. The first-order valence-electron chi connectivity index (χ1n) is 12.6. The first kappa shape index (κ1) is 26.1. The lowest BCUT2D eigenvalue weighted by atomic mass is 9.53. The van der Waals surface area contributed by atoms with Crippen molar-refractivity contribution in [1.82, 2.24) is 0 Å². The van der Waals surface area contributed by atoms with Gasteiger partial charge in [0, 0.05) is 44.9 Å². The number of carbonyl (C=O) groups excluding carboxylic acids is 4. The standard InChI is InChI=1S/C26H34O11/c1-11-8-15(32-12(2)27)20(33-13(3)28)23(5)16(30)10-17-24(6,36-17)19(23)21(34-14(4)29)26-18(9-11)35-22(31)25(26,7)37-26/h9,15-21,30H,8,10H2,1-7H3. The highest BCUT2D eigenvalue weighted by atomic mass is 16.7. The van der Waals surface area contributed by atoms with Gasteiger partial charge >= 0.3 is 23.9 Å². The molecule has 3 aliphatic heterocycles. The van der Waals surface area contributed by atoms with Gasteiger partial charge in [0.2, 0.25) is 0 Å². The van der Waals surface area contributed by atoms with Crippen LogP contribution in [0.3, 0.4) is 0 Å².